The Hall–Kier alpha value is -2.28. The number of hydrogen-bond acceptors (Lipinski definition) is 8. The van der Waals surface area contributed by atoms with E-state index in [0.717, 1.165) is 5.57 Å². The fraction of sp³-hybridized carbons (Fsp3) is 0.727. The van der Waals surface area contributed by atoms with Crippen LogP contribution >= 0.6 is 0 Å². The lowest BCUT2D eigenvalue weighted by Gasteiger charge is -2.59. The van der Waals surface area contributed by atoms with Gasteiger partial charge in [0.25, 0.3) is 0 Å². The monoisotopic (exact) mass is 408 g/mol. The van der Waals surface area contributed by atoms with Crippen LogP contribution in [0.4, 0.5) is 0 Å². The number of nitriles is 3. The molecule has 5 rings (SSSR count). The van der Waals surface area contributed by atoms with Gasteiger partial charge in [-0.2, -0.15) is 15.8 Å². The van der Waals surface area contributed by atoms with Crippen LogP contribution in [0.1, 0.15) is 38.5 Å². The first-order valence-corrected chi connectivity index (χ1v) is 10.6. The van der Waals surface area contributed by atoms with E-state index < -0.39 is 28.3 Å². The highest BCUT2D eigenvalue weighted by molar-refractivity contribution is 6.00. The van der Waals surface area contributed by atoms with Gasteiger partial charge in [-0.1, -0.05) is 6.08 Å². The quantitative estimate of drug-likeness (QED) is 0.609. The summed E-state index contributed by atoms with van der Waals surface area (Å²) >= 11 is 0. The van der Waals surface area contributed by atoms with Gasteiger partial charge < -0.3 is 24.4 Å². The maximum atomic E-state index is 10.3. The molecule has 2 saturated carbocycles. The predicted molar refractivity (Wildman–Crippen MR) is 101 cm³/mol. The van der Waals surface area contributed by atoms with Crippen LogP contribution in [0.3, 0.4) is 0 Å². The van der Waals surface area contributed by atoms with E-state index in [0.29, 0.717) is 65.0 Å². The van der Waals surface area contributed by atoms with Gasteiger partial charge in [0, 0.05) is 31.1 Å². The second-order valence-corrected chi connectivity index (χ2v) is 8.99. The third-order valence-electron chi connectivity index (χ3n) is 8.00. The van der Waals surface area contributed by atoms with Gasteiger partial charge >= 0.3 is 0 Å². The largest absolute Gasteiger partial charge is 0.348 e. The topological polar surface area (TPSA) is 132 Å². The fourth-order valence-corrected chi connectivity index (χ4v) is 6.50. The SMILES string of the molecule is N#C[C@@H]1C(=N)C(C#N)(C#N)C2(CCC3(CC2)OCCO3)[C@H]2CC3(CC=C12)OCCO3. The Morgan fingerprint density at radius 2 is 1.43 bits per heavy atom. The molecule has 0 radical (unpaired) electrons. The Kier molecular flexibility index (Phi) is 4.33. The van der Waals surface area contributed by atoms with Crippen molar-refractivity contribution >= 4 is 5.71 Å². The molecule has 0 unspecified atom stereocenters. The number of nitrogens with zero attached hydrogens (tertiary/aromatic N) is 3. The lowest BCUT2D eigenvalue weighted by molar-refractivity contribution is -0.214. The molecule has 0 amide bonds. The number of ether oxygens (including phenoxy) is 4. The highest BCUT2D eigenvalue weighted by Gasteiger charge is 2.69. The van der Waals surface area contributed by atoms with E-state index in [2.05, 4.69) is 18.2 Å². The molecule has 4 fully saturated rings. The first kappa shape index (κ1) is 19.7. The molecule has 3 spiro atoms. The highest BCUT2D eigenvalue weighted by atomic mass is 16.7. The van der Waals surface area contributed by atoms with Crippen LogP contribution in [0, 0.1) is 62.1 Å². The van der Waals surface area contributed by atoms with Gasteiger partial charge in [0.15, 0.2) is 17.0 Å². The van der Waals surface area contributed by atoms with Gasteiger partial charge in [0.2, 0.25) is 0 Å². The molecule has 8 heteroatoms. The van der Waals surface area contributed by atoms with Crippen molar-refractivity contribution in [3.63, 3.8) is 0 Å². The maximum absolute atomic E-state index is 10.3. The number of fused-ring (bicyclic) bond motifs is 2. The summed E-state index contributed by atoms with van der Waals surface area (Å²) in [6, 6.07) is 6.61. The van der Waals surface area contributed by atoms with Gasteiger partial charge in [0.1, 0.15) is 5.92 Å². The number of hydrogen-bond donors (Lipinski definition) is 1. The summed E-state index contributed by atoms with van der Waals surface area (Å²) in [6.45, 7) is 2.10. The molecule has 2 saturated heterocycles. The van der Waals surface area contributed by atoms with Crippen molar-refractivity contribution in [2.24, 2.45) is 22.7 Å². The van der Waals surface area contributed by atoms with E-state index >= 15 is 0 Å². The molecule has 3 aliphatic carbocycles. The fourth-order valence-electron chi connectivity index (χ4n) is 6.50. The molecule has 2 heterocycles. The summed E-state index contributed by atoms with van der Waals surface area (Å²) in [7, 11) is 0. The normalized spacial score (nSPS) is 37.9. The summed E-state index contributed by atoms with van der Waals surface area (Å²) in [5, 5.41) is 39.2. The van der Waals surface area contributed by atoms with E-state index in [1.807, 2.05) is 6.08 Å². The molecule has 0 bridgehead atoms. The zero-order valence-electron chi connectivity index (χ0n) is 16.8. The third kappa shape index (κ3) is 2.35. The van der Waals surface area contributed by atoms with Gasteiger partial charge in [-0.3, -0.25) is 0 Å². The predicted octanol–water partition coefficient (Wildman–Crippen LogP) is 2.58. The summed E-state index contributed by atoms with van der Waals surface area (Å²) in [5.74, 6) is -2.55. The van der Waals surface area contributed by atoms with Crippen molar-refractivity contribution in [3.05, 3.63) is 11.6 Å². The highest BCUT2D eigenvalue weighted by Crippen LogP contribution is 2.66. The second-order valence-electron chi connectivity index (χ2n) is 8.99. The number of nitrogens with one attached hydrogen (secondary N) is 1. The smallest absolute Gasteiger partial charge is 0.188 e. The van der Waals surface area contributed by atoms with Crippen LogP contribution in [0.5, 0.6) is 0 Å². The molecular weight excluding hydrogens is 384 g/mol. The van der Waals surface area contributed by atoms with E-state index in [1.54, 1.807) is 0 Å². The van der Waals surface area contributed by atoms with Crippen molar-refractivity contribution in [1.29, 1.82) is 21.2 Å². The van der Waals surface area contributed by atoms with Crippen molar-refractivity contribution in [2.75, 3.05) is 26.4 Å². The maximum Gasteiger partial charge on any atom is 0.188 e. The van der Waals surface area contributed by atoms with Crippen LogP contribution in [0.2, 0.25) is 0 Å². The minimum atomic E-state index is -1.67. The second kappa shape index (κ2) is 6.61. The van der Waals surface area contributed by atoms with Crippen LogP contribution in [0.15, 0.2) is 11.6 Å². The molecule has 2 atom stereocenters. The minimum Gasteiger partial charge on any atom is -0.348 e. The summed E-state index contributed by atoms with van der Waals surface area (Å²) in [4.78, 5) is 0. The van der Waals surface area contributed by atoms with E-state index in [-0.39, 0.29) is 11.6 Å². The van der Waals surface area contributed by atoms with Crippen LogP contribution in [-0.4, -0.2) is 43.7 Å². The molecule has 0 aromatic rings. The minimum absolute atomic E-state index is 0.0917. The summed E-state index contributed by atoms with van der Waals surface area (Å²) < 4.78 is 23.7. The summed E-state index contributed by atoms with van der Waals surface area (Å²) in [5.41, 5.74) is -1.73. The van der Waals surface area contributed by atoms with Gasteiger partial charge in [-0.15, -0.1) is 0 Å². The lowest BCUT2D eigenvalue weighted by atomic mass is 9.42. The Morgan fingerprint density at radius 3 is 1.97 bits per heavy atom. The Labute approximate surface area is 175 Å². The van der Waals surface area contributed by atoms with E-state index in [1.165, 1.54) is 0 Å². The van der Waals surface area contributed by atoms with Crippen LogP contribution in [-0.2, 0) is 18.9 Å². The van der Waals surface area contributed by atoms with E-state index in [4.69, 9.17) is 24.4 Å². The van der Waals surface area contributed by atoms with Crippen molar-refractivity contribution in [3.8, 4) is 18.2 Å². The Morgan fingerprint density at radius 1 is 0.867 bits per heavy atom. The average molecular weight is 408 g/mol. The molecule has 0 aromatic heterocycles. The molecule has 30 heavy (non-hydrogen) atoms. The molecular formula is C22H24N4O4. The van der Waals surface area contributed by atoms with Gasteiger partial charge in [-0.05, 0) is 24.3 Å². The standard InChI is InChI=1S/C22H24N4O4/c23-12-16-15-1-2-22(29-9-10-30-22)11-17(15)19(20(13-24,14-25)18(16)26)3-5-21(6-4-19)27-7-8-28-21/h1,16-17,26H,2-11H2/t16-,17-/m0/s1. The molecule has 5 aliphatic rings. The number of allylic oxidation sites excluding steroid dienone is 1. The van der Waals surface area contributed by atoms with Gasteiger partial charge in [-0.25, -0.2) is 0 Å². The third-order valence-corrected chi connectivity index (χ3v) is 8.00. The first-order chi connectivity index (χ1) is 14.5. The molecule has 0 aromatic carbocycles. The molecule has 156 valence electrons. The average Bonchev–Trinajstić information content (AvgIpc) is 3.42. The lowest BCUT2D eigenvalue weighted by Crippen LogP contribution is -2.62. The Bertz CT molecular complexity index is 900. The number of rotatable bonds is 0. The van der Waals surface area contributed by atoms with Crippen molar-refractivity contribution in [2.45, 2.75) is 50.1 Å². The summed E-state index contributed by atoms with van der Waals surface area (Å²) in [6.07, 6.45) is 5.10. The van der Waals surface area contributed by atoms with Crippen molar-refractivity contribution < 1.29 is 18.9 Å². The van der Waals surface area contributed by atoms with Crippen molar-refractivity contribution in [1.82, 2.24) is 0 Å². The molecule has 1 N–H and O–H groups in total. The zero-order valence-corrected chi connectivity index (χ0v) is 16.8. The molecule has 2 aliphatic heterocycles. The Balaban J connectivity index is 1.63. The van der Waals surface area contributed by atoms with Gasteiger partial charge in [0.05, 0.1) is 50.3 Å². The van der Waals surface area contributed by atoms with Crippen LogP contribution in [0.25, 0.3) is 0 Å². The first-order valence-electron chi connectivity index (χ1n) is 10.6. The van der Waals surface area contributed by atoms with Crippen LogP contribution < -0.4 is 0 Å². The zero-order chi connectivity index (χ0) is 21.0. The molecule has 8 nitrogen and oxygen atoms in total. The van der Waals surface area contributed by atoms with E-state index in [9.17, 15) is 15.8 Å².